The van der Waals surface area contributed by atoms with Crippen LogP contribution >= 0.6 is 0 Å². The van der Waals surface area contributed by atoms with Gasteiger partial charge < -0.3 is 0 Å². The van der Waals surface area contributed by atoms with E-state index in [1.807, 2.05) is 0 Å². The minimum absolute atomic E-state index is 1.21. The predicted octanol–water partition coefficient (Wildman–Crippen LogP) is 8.66. The molecule has 0 radical (unpaired) electrons. The average molecular weight is 443 g/mol. The van der Waals surface area contributed by atoms with Gasteiger partial charge in [-0.1, -0.05) is 72.3 Å². The summed E-state index contributed by atoms with van der Waals surface area (Å²) in [4.78, 5) is 0. The standard InChI is InChI=1S/C34H20N/c1-19-11-15-22(16-12-19)35-27-17-13-20-5-2-7-23-25-9-4-10-26-24-8-3-6-21-14-18-28(35)33(30(21)24)34(31(25)26)32(27)29(20)23/h2-18H,1H3/q+1. The summed E-state index contributed by atoms with van der Waals surface area (Å²) >= 11 is 0. The highest BCUT2D eigenvalue weighted by Crippen LogP contribution is 2.49. The highest BCUT2D eigenvalue weighted by molar-refractivity contribution is 6.46. The molecule has 0 saturated heterocycles. The van der Waals surface area contributed by atoms with Gasteiger partial charge in [-0.15, -0.1) is 0 Å². The van der Waals surface area contributed by atoms with Crippen molar-refractivity contribution in [3.63, 3.8) is 0 Å². The van der Waals surface area contributed by atoms with E-state index in [4.69, 9.17) is 0 Å². The van der Waals surface area contributed by atoms with Gasteiger partial charge in [0.2, 0.25) is 16.7 Å². The molecule has 35 heavy (non-hydrogen) atoms. The minimum atomic E-state index is 1.21. The Hall–Kier alpha value is -4.49. The first-order valence-corrected chi connectivity index (χ1v) is 12.3. The van der Waals surface area contributed by atoms with E-state index in [0.29, 0.717) is 0 Å². The third-order valence-corrected chi connectivity index (χ3v) is 8.22. The second-order valence-electron chi connectivity index (χ2n) is 10.0. The van der Waals surface area contributed by atoms with E-state index in [2.05, 4.69) is 115 Å². The van der Waals surface area contributed by atoms with Crippen molar-refractivity contribution in [2.24, 2.45) is 0 Å². The summed E-state index contributed by atoms with van der Waals surface area (Å²) in [5.74, 6) is 0. The number of nitrogens with zero attached hydrogens (tertiary/aromatic N) is 1. The molecule has 9 aromatic rings. The average Bonchev–Trinajstić information content (AvgIpc) is 2.91. The quantitative estimate of drug-likeness (QED) is 0.136. The van der Waals surface area contributed by atoms with Crippen molar-refractivity contribution in [3.8, 4) is 5.69 Å². The summed E-state index contributed by atoms with van der Waals surface area (Å²) in [6, 6.07) is 38.6. The number of aryl methyl sites for hydroxylation is 1. The minimum Gasteiger partial charge on any atom is -0.153 e. The first-order valence-electron chi connectivity index (χ1n) is 12.3. The predicted molar refractivity (Wildman–Crippen MR) is 149 cm³/mol. The summed E-state index contributed by atoms with van der Waals surface area (Å²) in [5.41, 5.74) is 5.03. The van der Waals surface area contributed by atoms with Gasteiger partial charge in [-0.3, -0.25) is 0 Å². The Morgan fingerprint density at radius 3 is 1.43 bits per heavy atom. The van der Waals surface area contributed by atoms with Crippen molar-refractivity contribution in [2.45, 2.75) is 6.92 Å². The van der Waals surface area contributed by atoms with Gasteiger partial charge in [0.1, 0.15) is 0 Å². The number of fused-ring (bicyclic) bond motifs is 2. The van der Waals surface area contributed by atoms with Gasteiger partial charge in [0.15, 0.2) is 0 Å². The third-order valence-electron chi connectivity index (χ3n) is 8.22. The maximum atomic E-state index is 2.49. The number of hydrogen-bond donors (Lipinski definition) is 0. The van der Waals surface area contributed by atoms with Crippen LogP contribution in [-0.4, -0.2) is 0 Å². The zero-order valence-corrected chi connectivity index (χ0v) is 19.3. The zero-order valence-electron chi connectivity index (χ0n) is 19.3. The number of benzene rings is 8. The fourth-order valence-corrected chi connectivity index (χ4v) is 6.81. The lowest BCUT2D eigenvalue weighted by Crippen LogP contribution is -2.33. The summed E-state index contributed by atoms with van der Waals surface area (Å²) in [6.07, 6.45) is 0. The Morgan fingerprint density at radius 2 is 0.886 bits per heavy atom. The summed E-state index contributed by atoms with van der Waals surface area (Å²) in [6.45, 7) is 2.16. The van der Waals surface area contributed by atoms with Gasteiger partial charge in [-0.2, -0.15) is 4.57 Å². The fraction of sp³-hybridized carbons (Fsp3) is 0.0294. The van der Waals surface area contributed by atoms with Crippen LogP contribution in [0.4, 0.5) is 0 Å². The molecule has 1 heteroatoms. The molecule has 0 aliphatic heterocycles. The van der Waals surface area contributed by atoms with E-state index in [9.17, 15) is 0 Å². The molecule has 160 valence electrons. The van der Waals surface area contributed by atoms with Crippen molar-refractivity contribution < 1.29 is 4.57 Å². The molecule has 1 aromatic heterocycles. The van der Waals surface area contributed by atoms with Crippen LogP contribution in [0.15, 0.2) is 103 Å². The molecule has 0 fully saturated rings. The summed E-state index contributed by atoms with van der Waals surface area (Å²) in [7, 11) is 0. The second kappa shape index (κ2) is 5.95. The molecule has 9 rings (SSSR count). The van der Waals surface area contributed by atoms with Crippen molar-refractivity contribution in [1.82, 2.24) is 0 Å². The van der Waals surface area contributed by atoms with E-state index in [1.165, 1.54) is 86.9 Å². The van der Waals surface area contributed by atoms with Crippen LogP contribution in [0.5, 0.6) is 0 Å². The van der Waals surface area contributed by atoms with E-state index < -0.39 is 0 Å². The first kappa shape index (κ1) is 17.9. The van der Waals surface area contributed by atoms with Gasteiger partial charge in [0, 0.05) is 40.4 Å². The van der Waals surface area contributed by atoms with E-state index in [-0.39, 0.29) is 0 Å². The molecule has 1 nitrogen and oxygen atoms in total. The Labute approximate surface area is 201 Å². The van der Waals surface area contributed by atoms with Crippen LogP contribution < -0.4 is 4.57 Å². The van der Waals surface area contributed by atoms with Crippen molar-refractivity contribution in [1.29, 1.82) is 0 Å². The second-order valence-corrected chi connectivity index (χ2v) is 10.0. The third kappa shape index (κ3) is 2.01. The van der Waals surface area contributed by atoms with Crippen LogP contribution in [0.25, 0.3) is 81.4 Å². The zero-order chi connectivity index (χ0) is 22.8. The molecule has 8 aromatic carbocycles. The van der Waals surface area contributed by atoms with Crippen LogP contribution in [0, 0.1) is 6.92 Å². The molecular formula is C34H20N+. The number of pyridine rings is 1. The molecule has 1 heterocycles. The highest BCUT2D eigenvalue weighted by Gasteiger charge is 2.29. The number of aromatic nitrogens is 1. The SMILES string of the molecule is Cc1ccc(-[n+]2c3ccc4cccc5c6cccc7c8cccc9ccc2c(c98)c(c67)c3c45)cc1. The lowest BCUT2D eigenvalue weighted by molar-refractivity contribution is -0.537. The monoisotopic (exact) mass is 442 g/mol. The molecule has 0 spiro atoms. The summed E-state index contributed by atoms with van der Waals surface area (Å²) in [5, 5.41) is 16.4. The Kier molecular flexibility index (Phi) is 3.04. The molecule has 0 aliphatic rings. The van der Waals surface area contributed by atoms with Gasteiger partial charge in [0.25, 0.3) is 0 Å². The van der Waals surface area contributed by atoms with E-state index in [1.54, 1.807) is 0 Å². The molecule has 0 amide bonds. The van der Waals surface area contributed by atoms with E-state index in [0.717, 1.165) is 0 Å². The van der Waals surface area contributed by atoms with Gasteiger partial charge in [0.05, 0.1) is 10.8 Å². The Balaban J connectivity index is 1.74. The van der Waals surface area contributed by atoms with Crippen LogP contribution in [0.1, 0.15) is 5.56 Å². The molecule has 0 atom stereocenters. The summed E-state index contributed by atoms with van der Waals surface area (Å²) < 4.78 is 2.49. The van der Waals surface area contributed by atoms with Crippen molar-refractivity contribution >= 4 is 75.7 Å². The highest BCUT2D eigenvalue weighted by atomic mass is 15.0. The fourth-order valence-electron chi connectivity index (χ4n) is 6.81. The van der Waals surface area contributed by atoms with Gasteiger partial charge in [-0.05, 0) is 56.8 Å². The van der Waals surface area contributed by atoms with Crippen LogP contribution in [-0.2, 0) is 0 Å². The Morgan fingerprint density at radius 1 is 0.400 bits per heavy atom. The molecule has 0 bridgehead atoms. The topological polar surface area (TPSA) is 3.88 Å². The molecule has 0 saturated carbocycles. The van der Waals surface area contributed by atoms with Gasteiger partial charge >= 0.3 is 0 Å². The number of hydrogen-bond acceptors (Lipinski definition) is 0. The lowest BCUT2D eigenvalue weighted by atomic mass is 9.83. The molecule has 0 N–H and O–H groups in total. The maximum Gasteiger partial charge on any atom is 0.220 e. The van der Waals surface area contributed by atoms with Crippen molar-refractivity contribution in [2.75, 3.05) is 0 Å². The van der Waals surface area contributed by atoms with Crippen LogP contribution in [0.3, 0.4) is 0 Å². The number of rotatable bonds is 1. The smallest absolute Gasteiger partial charge is 0.153 e. The molecular weight excluding hydrogens is 422 g/mol. The van der Waals surface area contributed by atoms with Gasteiger partial charge in [-0.25, -0.2) is 0 Å². The molecule has 0 unspecified atom stereocenters. The lowest BCUT2D eigenvalue weighted by Gasteiger charge is -2.21. The maximum absolute atomic E-state index is 2.49. The largest absolute Gasteiger partial charge is 0.220 e. The first-order chi connectivity index (χ1) is 17.3. The normalized spacial score (nSPS) is 12.7. The Bertz CT molecular complexity index is 2120. The van der Waals surface area contributed by atoms with Crippen LogP contribution in [0.2, 0.25) is 0 Å². The molecule has 0 aliphatic carbocycles. The van der Waals surface area contributed by atoms with E-state index >= 15 is 0 Å². The van der Waals surface area contributed by atoms with Crippen molar-refractivity contribution in [3.05, 3.63) is 109 Å².